The van der Waals surface area contributed by atoms with E-state index in [0.29, 0.717) is 33.0 Å². The number of hydrogen-bond acceptors (Lipinski definition) is 5. The lowest BCUT2D eigenvalue weighted by atomic mass is 9.97. The number of aliphatic hydroxyl groups excluding tert-OH is 1. The van der Waals surface area contributed by atoms with Crippen LogP contribution in [0.4, 0.5) is 0 Å². The minimum Gasteiger partial charge on any atom is -0.394 e. The van der Waals surface area contributed by atoms with Gasteiger partial charge in [0.05, 0.1) is 33.0 Å². The number of ether oxygens (including phenoxy) is 3. The van der Waals surface area contributed by atoms with Crippen molar-refractivity contribution in [1.29, 1.82) is 0 Å². The zero-order valence-corrected chi connectivity index (χ0v) is 12.7. The fraction of sp³-hybridized carbons (Fsp3) is 1.00. The first-order chi connectivity index (χ1) is 9.18. The third-order valence-electron chi connectivity index (χ3n) is 2.97. The Kier molecular flexibility index (Phi) is 12.7. The van der Waals surface area contributed by atoms with Gasteiger partial charge in [0, 0.05) is 19.3 Å². The van der Waals surface area contributed by atoms with Crippen molar-refractivity contribution in [2.75, 3.05) is 53.3 Å². The second kappa shape index (κ2) is 12.8. The van der Waals surface area contributed by atoms with Crippen LogP contribution in [-0.2, 0) is 14.2 Å². The summed E-state index contributed by atoms with van der Waals surface area (Å²) >= 11 is 0. The molecule has 116 valence electrons. The first-order valence-corrected chi connectivity index (χ1v) is 7.19. The number of nitrogens with one attached hydrogen (secondary N) is 1. The van der Waals surface area contributed by atoms with Gasteiger partial charge in [-0.2, -0.15) is 0 Å². The van der Waals surface area contributed by atoms with Crippen molar-refractivity contribution >= 4 is 0 Å². The average Bonchev–Trinajstić information content (AvgIpc) is 2.43. The lowest BCUT2D eigenvalue weighted by Gasteiger charge is -2.28. The van der Waals surface area contributed by atoms with Gasteiger partial charge in [0.15, 0.2) is 0 Å². The van der Waals surface area contributed by atoms with E-state index in [1.54, 1.807) is 7.11 Å². The standard InChI is InChI=1S/C14H31NO4/c1-4-7-15-14(2,13-16)6-5-8-18-11-12-19-10-9-17-3/h15-16H,4-13H2,1-3H3. The first kappa shape index (κ1) is 18.8. The molecule has 0 aromatic rings. The van der Waals surface area contributed by atoms with Crippen LogP contribution in [-0.4, -0.2) is 63.9 Å². The molecule has 0 aliphatic rings. The molecule has 0 aromatic heterocycles. The molecule has 0 aromatic carbocycles. The summed E-state index contributed by atoms with van der Waals surface area (Å²) in [5.74, 6) is 0. The van der Waals surface area contributed by atoms with E-state index in [2.05, 4.69) is 19.2 Å². The third-order valence-corrected chi connectivity index (χ3v) is 2.97. The molecule has 0 aliphatic carbocycles. The monoisotopic (exact) mass is 277 g/mol. The third kappa shape index (κ3) is 11.3. The highest BCUT2D eigenvalue weighted by Crippen LogP contribution is 2.11. The lowest BCUT2D eigenvalue weighted by molar-refractivity contribution is 0.0221. The Labute approximate surface area is 117 Å². The Morgan fingerprint density at radius 2 is 1.68 bits per heavy atom. The fourth-order valence-corrected chi connectivity index (χ4v) is 1.68. The van der Waals surface area contributed by atoms with Gasteiger partial charge in [0.1, 0.15) is 0 Å². The molecule has 1 atom stereocenters. The van der Waals surface area contributed by atoms with Crippen LogP contribution in [0.15, 0.2) is 0 Å². The van der Waals surface area contributed by atoms with Crippen molar-refractivity contribution in [2.45, 2.75) is 38.6 Å². The molecule has 1 unspecified atom stereocenters. The summed E-state index contributed by atoms with van der Waals surface area (Å²) in [4.78, 5) is 0. The second-order valence-electron chi connectivity index (χ2n) is 4.97. The van der Waals surface area contributed by atoms with Crippen LogP contribution in [0, 0.1) is 0 Å². The van der Waals surface area contributed by atoms with Gasteiger partial charge < -0.3 is 24.6 Å². The quantitative estimate of drug-likeness (QED) is 0.467. The Morgan fingerprint density at radius 3 is 2.26 bits per heavy atom. The van der Waals surface area contributed by atoms with Gasteiger partial charge in [-0.15, -0.1) is 0 Å². The van der Waals surface area contributed by atoms with Crippen molar-refractivity contribution in [3.63, 3.8) is 0 Å². The molecule has 2 N–H and O–H groups in total. The Hall–Kier alpha value is -0.200. The predicted molar refractivity (Wildman–Crippen MR) is 76.5 cm³/mol. The molecule has 0 saturated heterocycles. The Morgan fingerprint density at radius 1 is 1.05 bits per heavy atom. The minimum atomic E-state index is -0.186. The van der Waals surface area contributed by atoms with Crippen molar-refractivity contribution in [1.82, 2.24) is 5.32 Å². The molecule has 0 amide bonds. The summed E-state index contributed by atoms with van der Waals surface area (Å²) in [6.45, 7) is 8.43. The van der Waals surface area contributed by atoms with Gasteiger partial charge in [-0.1, -0.05) is 6.92 Å². The zero-order chi connectivity index (χ0) is 14.4. The summed E-state index contributed by atoms with van der Waals surface area (Å²) in [6, 6.07) is 0. The van der Waals surface area contributed by atoms with E-state index in [4.69, 9.17) is 14.2 Å². The normalized spacial score (nSPS) is 14.5. The zero-order valence-electron chi connectivity index (χ0n) is 12.7. The van der Waals surface area contributed by atoms with Gasteiger partial charge >= 0.3 is 0 Å². The van der Waals surface area contributed by atoms with E-state index in [1.165, 1.54) is 0 Å². The molecule has 0 radical (unpaired) electrons. The molecular formula is C14H31NO4. The van der Waals surface area contributed by atoms with Crippen LogP contribution in [0.2, 0.25) is 0 Å². The summed E-state index contributed by atoms with van der Waals surface area (Å²) in [5, 5.41) is 12.8. The summed E-state index contributed by atoms with van der Waals surface area (Å²) in [5.41, 5.74) is -0.186. The fourth-order valence-electron chi connectivity index (χ4n) is 1.68. The lowest BCUT2D eigenvalue weighted by Crippen LogP contribution is -2.46. The maximum absolute atomic E-state index is 9.40. The molecule has 0 spiro atoms. The van der Waals surface area contributed by atoms with Gasteiger partial charge in [-0.05, 0) is 32.7 Å². The highest BCUT2D eigenvalue weighted by Gasteiger charge is 2.21. The molecule has 0 saturated carbocycles. The van der Waals surface area contributed by atoms with Crippen LogP contribution < -0.4 is 5.32 Å². The molecule has 0 bridgehead atoms. The van der Waals surface area contributed by atoms with E-state index in [-0.39, 0.29) is 12.1 Å². The maximum atomic E-state index is 9.40. The second-order valence-corrected chi connectivity index (χ2v) is 4.97. The number of methoxy groups -OCH3 is 1. The molecule has 0 fully saturated rings. The van der Waals surface area contributed by atoms with Crippen molar-refractivity contribution in [3.05, 3.63) is 0 Å². The van der Waals surface area contributed by atoms with E-state index in [1.807, 2.05) is 0 Å². The molecular weight excluding hydrogens is 246 g/mol. The van der Waals surface area contributed by atoms with Crippen LogP contribution in [0.1, 0.15) is 33.1 Å². The average molecular weight is 277 g/mol. The van der Waals surface area contributed by atoms with Crippen LogP contribution in [0.25, 0.3) is 0 Å². The van der Waals surface area contributed by atoms with Gasteiger partial charge in [0.25, 0.3) is 0 Å². The molecule has 0 aliphatic heterocycles. The number of hydrogen-bond donors (Lipinski definition) is 2. The Balaban J connectivity index is 3.40. The molecule has 19 heavy (non-hydrogen) atoms. The van der Waals surface area contributed by atoms with Crippen molar-refractivity contribution < 1.29 is 19.3 Å². The van der Waals surface area contributed by atoms with E-state index >= 15 is 0 Å². The number of aliphatic hydroxyl groups is 1. The first-order valence-electron chi connectivity index (χ1n) is 7.19. The largest absolute Gasteiger partial charge is 0.394 e. The minimum absolute atomic E-state index is 0.160. The van der Waals surface area contributed by atoms with Crippen LogP contribution in [0.3, 0.4) is 0 Å². The van der Waals surface area contributed by atoms with Gasteiger partial charge in [0.2, 0.25) is 0 Å². The number of rotatable bonds is 14. The highest BCUT2D eigenvalue weighted by atomic mass is 16.5. The molecule has 0 rings (SSSR count). The van der Waals surface area contributed by atoms with Gasteiger partial charge in [-0.3, -0.25) is 0 Å². The summed E-state index contributed by atoms with van der Waals surface area (Å²) < 4.78 is 15.6. The molecule has 0 heterocycles. The van der Waals surface area contributed by atoms with Crippen molar-refractivity contribution in [3.8, 4) is 0 Å². The smallest absolute Gasteiger partial charge is 0.0701 e. The topological polar surface area (TPSA) is 60.0 Å². The SMILES string of the molecule is CCCNC(C)(CO)CCCOCCOCCOC. The van der Waals surface area contributed by atoms with Crippen molar-refractivity contribution in [2.24, 2.45) is 0 Å². The van der Waals surface area contributed by atoms with Crippen LogP contribution >= 0.6 is 0 Å². The van der Waals surface area contributed by atoms with E-state index in [0.717, 1.165) is 25.8 Å². The molecule has 5 heteroatoms. The van der Waals surface area contributed by atoms with Gasteiger partial charge in [-0.25, -0.2) is 0 Å². The van der Waals surface area contributed by atoms with E-state index < -0.39 is 0 Å². The van der Waals surface area contributed by atoms with Crippen LogP contribution in [0.5, 0.6) is 0 Å². The Bertz CT molecular complexity index is 192. The predicted octanol–water partition coefficient (Wildman–Crippen LogP) is 1.20. The summed E-state index contributed by atoms with van der Waals surface area (Å²) in [6.07, 6.45) is 2.92. The summed E-state index contributed by atoms with van der Waals surface area (Å²) in [7, 11) is 1.66. The molecule has 5 nitrogen and oxygen atoms in total. The van der Waals surface area contributed by atoms with E-state index in [9.17, 15) is 5.11 Å². The highest BCUT2D eigenvalue weighted by molar-refractivity contribution is 4.81. The maximum Gasteiger partial charge on any atom is 0.0701 e.